The first-order valence-corrected chi connectivity index (χ1v) is 10.4. The first-order valence-electron chi connectivity index (χ1n) is 7.96. The maximum absolute atomic E-state index is 13.2. The van der Waals surface area contributed by atoms with Crippen LogP contribution in [0.2, 0.25) is 0 Å². The van der Waals surface area contributed by atoms with Crippen LogP contribution in [0.15, 0.2) is 39.9 Å². The van der Waals surface area contributed by atoms with Gasteiger partial charge in [0.15, 0.2) is 0 Å². The molecule has 0 atom stereocenters. The summed E-state index contributed by atoms with van der Waals surface area (Å²) in [4.78, 5) is 12.4. The second kappa shape index (κ2) is 6.86. The van der Waals surface area contributed by atoms with Crippen molar-refractivity contribution in [1.82, 2.24) is 5.32 Å². The minimum absolute atomic E-state index is 0.0354. The molecule has 1 aromatic carbocycles. The normalized spacial score (nSPS) is 16.7. The van der Waals surface area contributed by atoms with E-state index >= 15 is 0 Å². The van der Waals surface area contributed by atoms with Gasteiger partial charge in [0.05, 0.1) is 5.56 Å². The zero-order valence-electron chi connectivity index (χ0n) is 13.5. The molecule has 0 spiro atoms. The van der Waals surface area contributed by atoms with Crippen LogP contribution in [0.25, 0.3) is 0 Å². The summed E-state index contributed by atoms with van der Waals surface area (Å²) in [6, 6.07) is 7.71. The third kappa shape index (κ3) is 3.91. The van der Waals surface area contributed by atoms with Crippen molar-refractivity contribution in [2.24, 2.45) is 5.14 Å². The number of carbonyl (C=O) groups is 1. The van der Waals surface area contributed by atoms with Gasteiger partial charge in [-0.1, -0.05) is 25.0 Å². The summed E-state index contributed by atoms with van der Waals surface area (Å²) in [6.07, 6.45) is 3.96. The van der Waals surface area contributed by atoms with Crippen molar-refractivity contribution in [1.29, 1.82) is 0 Å². The number of rotatable bonds is 5. The summed E-state index contributed by atoms with van der Waals surface area (Å²) >= 11 is 0.925. The van der Waals surface area contributed by atoms with Crippen LogP contribution in [0.3, 0.4) is 0 Å². The van der Waals surface area contributed by atoms with Gasteiger partial charge in [-0.05, 0) is 36.6 Å². The van der Waals surface area contributed by atoms with E-state index < -0.39 is 10.0 Å². The van der Waals surface area contributed by atoms with Crippen LogP contribution in [0.5, 0.6) is 0 Å². The molecule has 0 unspecified atom stereocenters. The van der Waals surface area contributed by atoms with Crippen LogP contribution in [-0.2, 0) is 15.4 Å². The van der Waals surface area contributed by atoms with E-state index in [2.05, 4.69) is 5.32 Å². The molecule has 8 heteroatoms. The first kappa shape index (κ1) is 18.0. The fourth-order valence-electron chi connectivity index (χ4n) is 3.36. The van der Waals surface area contributed by atoms with Crippen molar-refractivity contribution >= 4 is 27.3 Å². The summed E-state index contributed by atoms with van der Waals surface area (Å²) in [5.74, 6) is -0.616. The van der Waals surface area contributed by atoms with Crippen LogP contribution in [-0.4, -0.2) is 20.9 Å². The molecule has 1 aliphatic rings. The molecule has 0 aliphatic heterocycles. The van der Waals surface area contributed by atoms with Crippen LogP contribution in [0.1, 0.15) is 41.6 Å². The van der Waals surface area contributed by atoms with E-state index in [1.54, 1.807) is 12.1 Å². The number of amides is 1. The third-order valence-corrected chi connectivity index (χ3v) is 7.11. The lowest BCUT2D eigenvalue weighted by Gasteiger charge is -2.30. The molecular weight excluding hydrogens is 363 g/mol. The topological polar surface area (TPSA) is 89.3 Å². The number of benzene rings is 1. The molecule has 3 rings (SSSR count). The van der Waals surface area contributed by atoms with Gasteiger partial charge in [-0.15, -0.1) is 11.3 Å². The maximum atomic E-state index is 13.2. The third-order valence-electron chi connectivity index (χ3n) is 4.72. The van der Waals surface area contributed by atoms with Crippen LogP contribution < -0.4 is 10.5 Å². The van der Waals surface area contributed by atoms with Gasteiger partial charge in [0.25, 0.3) is 5.91 Å². The predicted octanol–water partition coefficient (Wildman–Crippen LogP) is 2.78. The highest BCUT2D eigenvalue weighted by Crippen LogP contribution is 2.40. The number of hydrogen-bond donors (Lipinski definition) is 2. The number of halogens is 1. The predicted molar refractivity (Wildman–Crippen MR) is 94.6 cm³/mol. The monoisotopic (exact) mass is 382 g/mol. The summed E-state index contributed by atoms with van der Waals surface area (Å²) in [6.45, 7) is 0.429. The molecule has 1 aliphatic carbocycles. The van der Waals surface area contributed by atoms with Crippen molar-refractivity contribution in [3.05, 3.63) is 52.7 Å². The second-order valence-corrected chi connectivity index (χ2v) is 9.08. The molecule has 0 radical (unpaired) electrons. The van der Waals surface area contributed by atoms with Crippen molar-refractivity contribution in [2.45, 2.75) is 35.3 Å². The molecule has 1 heterocycles. The molecule has 134 valence electrons. The summed E-state index contributed by atoms with van der Waals surface area (Å²) in [5, 5.41) is 9.45. The van der Waals surface area contributed by atoms with E-state index in [0.29, 0.717) is 6.54 Å². The Hall–Kier alpha value is -1.77. The van der Waals surface area contributed by atoms with Gasteiger partial charge in [0.2, 0.25) is 10.0 Å². The Morgan fingerprint density at radius 1 is 1.24 bits per heavy atom. The lowest BCUT2D eigenvalue weighted by Crippen LogP contribution is -2.39. The SMILES string of the molecule is NS(=O)(=O)c1cc(C(=O)NCC2(c3ccc(F)cc3)CCCC2)cs1. The summed E-state index contributed by atoms with van der Waals surface area (Å²) < 4.78 is 35.8. The number of thiophene rings is 1. The molecule has 0 bridgehead atoms. The molecule has 1 amide bonds. The van der Waals surface area contributed by atoms with E-state index in [-0.39, 0.29) is 26.9 Å². The largest absolute Gasteiger partial charge is 0.351 e. The Kier molecular flexibility index (Phi) is 4.95. The Bertz CT molecular complexity index is 870. The summed E-state index contributed by atoms with van der Waals surface area (Å²) in [7, 11) is -3.80. The zero-order valence-corrected chi connectivity index (χ0v) is 15.1. The molecule has 1 fully saturated rings. The second-order valence-electron chi connectivity index (χ2n) is 6.38. The van der Waals surface area contributed by atoms with Crippen molar-refractivity contribution in [3.8, 4) is 0 Å². The molecule has 3 N–H and O–H groups in total. The number of sulfonamides is 1. The Morgan fingerprint density at radius 3 is 2.44 bits per heavy atom. The van der Waals surface area contributed by atoms with Gasteiger partial charge in [-0.25, -0.2) is 17.9 Å². The van der Waals surface area contributed by atoms with Crippen molar-refractivity contribution in [3.63, 3.8) is 0 Å². The highest BCUT2D eigenvalue weighted by atomic mass is 32.2. The van der Waals surface area contributed by atoms with Crippen molar-refractivity contribution < 1.29 is 17.6 Å². The number of nitrogens with one attached hydrogen (secondary N) is 1. The van der Waals surface area contributed by atoms with Gasteiger partial charge in [-0.2, -0.15) is 0 Å². The van der Waals surface area contributed by atoms with Gasteiger partial charge >= 0.3 is 0 Å². The number of hydrogen-bond acceptors (Lipinski definition) is 4. The standard InChI is InChI=1S/C17H19FN2O3S2/c18-14-5-3-13(4-6-14)17(7-1-2-8-17)11-20-16(21)12-9-15(24-10-12)25(19,22)23/h3-6,9-10H,1-2,7-8,11H2,(H,20,21)(H2,19,22,23). The highest BCUT2D eigenvalue weighted by molar-refractivity contribution is 7.91. The molecule has 1 aromatic heterocycles. The van der Waals surface area contributed by atoms with Gasteiger partial charge in [0, 0.05) is 17.3 Å². The molecule has 5 nitrogen and oxygen atoms in total. The van der Waals surface area contributed by atoms with Crippen molar-refractivity contribution in [2.75, 3.05) is 6.54 Å². The minimum Gasteiger partial charge on any atom is -0.351 e. The Morgan fingerprint density at radius 2 is 1.88 bits per heavy atom. The first-order chi connectivity index (χ1) is 11.8. The smallest absolute Gasteiger partial charge is 0.252 e. The highest BCUT2D eigenvalue weighted by Gasteiger charge is 2.36. The maximum Gasteiger partial charge on any atom is 0.252 e. The average molecular weight is 382 g/mol. The van der Waals surface area contributed by atoms with Gasteiger partial charge in [0.1, 0.15) is 10.0 Å². The molecule has 25 heavy (non-hydrogen) atoms. The van der Waals surface area contributed by atoms with Crippen LogP contribution in [0, 0.1) is 5.82 Å². The lowest BCUT2D eigenvalue weighted by atomic mass is 9.78. The average Bonchev–Trinajstić information content (AvgIpc) is 3.23. The van der Waals surface area contributed by atoms with E-state index in [1.165, 1.54) is 23.6 Å². The molecule has 1 saturated carbocycles. The fraction of sp³-hybridized carbons (Fsp3) is 0.353. The minimum atomic E-state index is -3.80. The van der Waals surface area contributed by atoms with E-state index in [1.807, 2.05) is 0 Å². The van der Waals surface area contributed by atoms with E-state index in [4.69, 9.17) is 5.14 Å². The number of carbonyl (C=O) groups excluding carboxylic acids is 1. The quantitative estimate of drug-likeness (QED) is 0.833. The van der Waals surface area contributed by atoms with E-state index in [9.17, 15) is 17.6 Å². The molecule has 0 saturated heterocycles. The zero-order chi connectivity index (χ0) is 18.1. The van der Waals surface area contributed by atoms with Crippen LogP contribution >= 0.6 is 11.3 Å². The lowest BCUT2D eigenvalue weighted by molar-refractivity contribution is 0.0943. The van der Waals surface area contributed by atoms with Gasteiger partial charge in [-0.3, -0.25) is 4.79 Å². The number of primary sulfonamides is 1. The fourth-order valence-corrected chi connectivity index (χ4v) is 4.94. The molecule has 2 aromatic rings. The van der Waals surface area contributed by atoms with E-state index in [0.717, 1.165) is 42.6 Å². The van der Waals surface area contributed by atoms with Crippen LogP contribution in [0.4, 0.5) is 4.39 Å². The van der Waals surface area contributed by atoms with Gasteiger partial charge < -0.3 is 5.32 Å². The molecular formula is C17H19FN2O3S2. The Balaban J connectivity index is 1.75. The Labute approximate surface area is 150 Å². The summed E-state index contributed by atoms with van der Waals surface area (Å²) in [5.41, 5.74) is 1.09. The number of nitrogens with two attached hydrogens (primary N) is 1.